The van der Waals surface area contributed by atoms with Crippen LogP contribution in [-0.4, -0.2) is 71.0 Å². The molecular weight excluding hydrogens is 405 g/mol. The zero-order valence-electron chi connectivity index (χ0n) is 14.3. The lowest BCUT2D eigenvalue weighted by Gasteiger charge is -2.17. The molecule has 1 fully saturated rings. The van der Waals surface area contributed by atoms with Crippen molar-refractivity contribution in [1.82, 2.24) is 9.55 Å². The van der Waals surface area contributed by atoms with Crippen molar-refractivity contribution in [2.75, 3.05) is 13.2 Å². The predicted octanol–water partition coefficient (Wildman–Crippen LogP) is -2.54. The maximum Gasteiger partial charge on any atom is 0.466 e. The van der Waals surface area contributed by atoms with E-state index >= 15 is 0 Å². The number of nitrogens with zero attached hydrogens (tertiary/aromatic N) is 4. The van der Waals surface area contributed by atoms with Gasteiger partial charge in [-0.2, -0.15) is 0 Å². The molecule has 0 unspecified atom stereocenters. The second kappa shape index (κ2) is 10.5. The van der Waals surface area contributed by atoms with Crippen molar-refractivity contribution in [2.45, 2.75) is 37.4 Å². The molecule has 0 bridgehead atoms. The molecule has 4 atom stereocenters. The molecule has 0 spiro atoms. The lowest BCUT2D eigenvalue weighted by atomic mass is 10.1. The van der Waals surface area contributed by atoms with Crippen LogP contribution in [0.1, 0.15) is 18.2 Å². The van der Waals surface area contributed by atoms with Crippen LogP contribution >= 0.6 is 7.82 Å². The topological polar surface area (TPSA) is 251 Å². The largest absolute Gasteiger partial charge is 0.466 e. The van der Waals surface area contributed by atoms with E-state index in [2.05, 4.69) is 15.0 Å². The highest BCUT2D eigenvalue weighted by Gasteiger charge is 2.43. The van der Waals surface area contributed by atoms with Crippen LogP contribution in [-0.2, 0) is 15.7 Å². The average molecular weight is 425 g/mol. The summed E-state index contributed by atoms with van der Waals surface area (Å²) in [4.78, 5) is 49.9. The summed E-state index contributed by atoms with van der Waals surface area (Å²) >= 11 is 0. The van der Waals surface area contributed by atoms with E-state index < -0.39 is 50.2 Å². The summed E-state index contributed by atoms with van der Waals surface area (Å²) in [5, 5.41) is 32.1. The number of aromatic amines is 1. The Kier molecular flexibility index (Phi) is 8.97. The van der Waals surface area contributed by atoms with E-state index in [0.717, 1.165) is 4.57 Å². The number of H-pyrrole nitrogens is 1. The number of phosphoric acid groups is 1. The van der Waals surface area contributed by atoms with Crippen molar-refractivity contribution >= 4 is 7.82 Å². The van der Waals surface area contributed by atoms with Gasteiger partial charge in [-0.15, -0.1) is 0 Å². The van der Waals surface area contributed by atoms with Crippen molar-refractivity contribution in [3.8, 4) is 0 Å². The summed E-state index contributed by atoms with van der Waals surface area (Å²) < 4.78 is 15.1. The number of aliphatic hydroxyl groups excluding tert-OH is 3. The van der Waals surface area contributed by atoms with E-state index in [9.17, 15) is 19.8 Å². The zero-order valence-corrected chi connectivity index (χ0v) is 15.2. The number of aliphatic hydroxyl groups is 3. The fourth-order valence-corrected chi connectivity index (χ4v) is 2.39. The molecule has 28 heavy (non-hydrogen) atoms. The summed E-state index contributed by atoms with van der Waals surface area (Å²) in [5.74, 6) is 0. The van der Waals surface area contributed by atoms with Gasteiger partial charge in [-0.3, -0.25) is 14.3 Å². The van der Waals surface area contributed by atoms with Gasteiger partial charge < -0.3 is 34.7 Å². The summed E-state index contributed by atoms with van der Waals surface area (Å²) in [7, 11) is -4.64. The van der Waals surface area contributed by atoms with Crippen LogP contribution < -0.4 is 11.2 Å². The third kappa shape index (κ3) is 7.16. The first kappa shape index (κ1) is 24.0. The quantitative estimate of drug-likeness (QED) is 0.0826. The van der Waals surface area contributed by atoms with Gasteiger partial charge in [0.05, 0.1) is 6.61 Å². The molecular formula is C12H20N5O10P. The third-order valence-corrected chi connectivity index (χ3v) is 3.60. The highest BCUT2D eigenvalue weighted by Crippen LogP contribution is 2.28. The first-order valence-electron chi connectivity index (χ1n) is 7.75. The zero-order chi connectivity index (χ0) is 21.5. The number of aromatic nitrogens is 2. The number of hydrogen-bond donors (Lipinski definition) is 7. The van der Waals surface area contributed by atoms with E-state index in [1.54, 1.807) is 0 Å². The second-order valence-electron chi connectivity index (χ2n) is 5.62. The number of azide groups is 1. The average Bonchev–Trinajstić information content (AvgIpc) is 2.87. The van der Waals surface area contributed by atoms with Crippen LogP contribution in [0.4, 0.5) is 0 Å². The van der Waals surface area contributed by atoms with E-state index in [1.807, 2.05) is 0 Å². The minimum Gasteiger partial charge on any atom is -0.394 e. The molecule has 158 valence electrons. The highest BCUT2D eigenvalue weighted by atomic mass is 31.2. The van der Waals surface area contributed by atoms with Crippen LogP contribution in [0.2, 0.25) is 0 Å². The van der Waals surface area contributed by atoms with E-state index in [-0.39, 0.29) is 18.5 Å². The molecule has 1 saturated heterocycles. The molecule has 0 aliphatic carbocycles. The Balaban J connectivity index is 0.000000696. The number of nitrogens with one attached hydrogen (secondary N) is 1. The van der Waals surface area contributed by atoms with Crippen LogP contribution in [0.3, 0.4) is 0 Å². The van der Waals surface area contributed by atoms with E-state index in [4.69, 9.17) is 34.6 Å². The van der Waals surface area contributed by atoms with Crippen molar-refractivity contribution in [2.24, 2.45) is 5.11 Å². The van der Waals surface area contributed by atoms with E-state index in [1.165, 1.54) is 6.20 Å². The molecule has 2 heterocycles. The number of ether oxygens (including phenoxy) is 1. The molecule has 0 amide bonds. The lowest BCUT2D eigenvalue weighted by Crippen LogP contribution is -2.38. The van der Waals surface area contributed by atoms with Gasteiger partial charge in [0.25, 0.3) is 5.56 Å². The minimum atomic E-state index is -4.64. The molecule has 1 aliphatic heterocycles. The summed E-state index contributed by atoms with van der Waals surface area (Å²) in [6, 6.07) is 0. The molecule has 1 aromatic heterocycles. The van der Waals surface area contributed by atoms with Crippen molar-refractivity contribution in [1.29, 1.82) is 0 Å². The summed E-state index contributed by atoms with van der Waals surface area (Å²) in [6.07, 6.45) is -3.13. The first-order chi connectivity index (χ1) is 13.0. The standard InChI is InChI=1S/C12H17N5O6.H3O4P/c13-16-14-3-1-2-6-4-17(12(22)15-10(6)21)11-9(20)8(19)7(5-18)23-11;1-5(2,3)4/h4,7-9,11,18-20H,1-3,5H2,(H,15,21,22);(H3,1,2,3,4)/t7-,8-,9-,11-;/m1./s1. The summed E-state index contributed by atoms with van der Waals surface area (Å²) in [5.41, 5.74) is 7.06. The van der Waals surface area contributed by atoms with Crippen LogP contribution in [0, 0.1) is 0 Å². The van der Waals surface area contributed by atoms with Gasteiger partial charge in [-0.1, -0.05) is 5.11 Å². The number of rotatable bonds is 6. The van der Waals surface area contributed by atoms with Gasteiger partial charge in [-0.05, 0) is 18.4 Å². The monoisotopic (exact) mass is 425 g/mol. The minimum absolute atomic E-state index is 0.197. The molecule has 2 rings (SSSR count). The molecule has 1 aliphatic rings. The Morgan fingerprint density at radius 2 is 1.89 bits per heavy atom. The Morgan fingerprint density at radius 1 is 1.29 bits per heavy atom. The smallest absolute Gasteiger partial charge is 0.394 e. The van der Waals surface area contributed by atoms with Crippen LogP contribution in [0.15, 0.2) is 20.9 Å². The van der Waals surface area contributed by atoms with Crippen LogP contribution in [0.5, 0.6) is 0 Å². The molecule has 0 radical (unpaired) electrons. The molecule has 7 N–H and O–H groups in total. The lowest BCUT2D eigenvalue weighted by molar-refractivity contribution is -0.0551. The normalized spacial score (nSPS) is 24.2. The summed E-state index contributed by atoms with van der Waals surface area (Å²) in [6.45, 7) is -0.325. The number of hydrogen-bond acceptors (Lipinski definition) is 8. The molecule has 16 heteroatoms. The molecule has 15 nitrogen and oxygen atoms in total. The fourth-order valence-electron chi connectivity index (χ4n) is 2.39. The Morgan fingerprint density at radius 3 is 2.39 bits per heavy atom. The fraction of sp³-hybridized carbons (Fsp3) is 0.667. The highest BCUT2D eigenvalue weighted by molar-refractivity contribution is 7.45. The Hall–Kier alpha value is -2.06. The number of aryl methyl sites for hydroxylation is 1. The molecule has 0 saturated carbocycles. The van der Waals surface area contributed by atoms with Crippen LogP contribution in [0.25, 0.3) is 10.4 Å². The van der Waals surface area contributed by atoms with Gasteiger partial charge >= 0.3 is 13.5 Å². The predicted molar refractivity (Wildman–Crippen MR) is 90.9 cm³/mol. The molecule has 1 aromatic rings. The Labute approximate surface area is 156 Å². The third-order valence-electron chi connectivity index (χ3n) is 3.60. The first-order valence-corrected chi connectivity index (χ1v) is 9.32. The second-order valence-corrected chi connectivity index (χ2v) is 6.65. The maximum atomic E-state index is 11.9. The van der Waals surface area contributed by atoms with Crippen molar-refractivity contribution in [3.05, 3.63) is 43.0 Å². The van der Waals surface area contributed by atoms with Gasteiger partial charge in [0.2, 0.25) is 0 Å². The molecule has 0 aromatic carbocycles. The van der Waals surface area contributed by atoms with Gasteiger partial charge in [0, 0.05) is 23.2 Å². The van der Waals surface area contributed by atoms with Gasteiger partial charge in [0.15, 0.2) is 6.23 Å². The van der Waals surface area contributed by atoms with Crippen molar-refractivity contribution < 1.29 is 39.3 Å². The van der Waals surface area contributed by atoms with E-state index in [0.29, 0.717) is 6.42 Å². The Bertz CT molecular complexity index is 851. The van der Waals surface area contributed by atoms with Gasteiger partial charge in [0.1, 0.15) is 18.3 Å². The maximum absolute atomic E-state index is 11.9. The van der Waals surface area contributed by atoms with Crippen molar-refractivity contribution in [3.63, 3.8) is 0 Å². The SMILES string of the molecule is O=P(O)(O)O.[N-]=[N+]=NCCCc1cn([C@@H]2O[C@H](CO)[C@@H](O)[C@H]2O)c(=O)[nH]c1=O. The van der Waals surface area contributed by atoms with Gasteiger partial charge in [-0.25, -0.2) is 9.36 Å².